The van der Waals surface area contributed by atoms with Crippen molar-refractivity contribution in [3.63, 3.8) is 0 Å². The number of carbonyl (C=O) groups excluding carboxylic acids is 2. The highest BCUT2D eigenvalue weighted by molar-refractivity contribution is 5.94. The van der Waals surface area contributed by atoms with E-state index in [2.05, 4.69) is 22.1 Å². The van der Waals surface area contributed by atoms with Gasteiger partial charge >= 0.3 is 5.97 Å². The van der Waals surface area contributed by atoms with Crippen molar-refractivity contribution in [3.05, 3.63) is 71.5 Å². The van der Waals surface area contributed by atoms with Crippen LogP contribution in [0.2, 0.25) is 0 Å². The van der Waals surface area contributed by atoms with Crippen LogP contribution in [0.1, 0.15) is 40.4 Å². The van der Waals surface area contributed by atoms with E-state index in [1.807, 2.05) is 12.1 Å². The Morgan fingerprint density at radius 1 is 1.11 bits per heavy atom. The third-order valence-corrected chi connectivity index (χ3v) is 5.23. The molecule has 0 fully saturated rings. The molecule has 0 bridgehead atoms. The first-order chi connectivity index (χ1) is 13.6. The SMILES string of the molecule is CN(C(=O)COC(=O)c1ccc2nccnc2c1)C1CCCc2ccccc21. The van der Waals surface area contributed by atoms with Crippen molar-refractivity contribution in [2.24, 2.45) is 0 Å². The molecule has 28 heavy (non-hydrogen) atoms. The Hall–Kier alpha value is -3.28. The largest absolute Gasteiger partial charge is 0.452 e. The number of likely N-dealkylation sites (N-methyl/N-ethyl adjacent to an activating group) is 1. The molecular formula is C22H21N3O3. The molecule has 0 radical (unpaired) electrons. The Bertz CT molecular complexity index is 1030. The number of esters is 1. The molecule has 4 rings (SSSR count). The molecule has 0 N–H and O–H groups in total. The zero-order chi connectivity index (χ0) is 19.5. The third kappa shape index (κ3) is 3.58. The number of carbonyl (C=O) groups is 2. The Morgan fingerprint density at radius 2 is 1.89 bits per heavy atom. The molecule has 1 atom stereocenters. The van der Waals surface area contributed by atoms with Gasteiger partial charge in [0.2, 0.25) is 0 Å². The fourth-order valence-electron chi connectivity index (χ4n) is 3.71. The third-order valence-electron chi connectivity index (χ3n) is 5.23. The summed E-state index contributed by atoms with van der Waals surface area (Å²) in [5, 5.41) is 0. The number of hydrogen-bond donors (Lipinski definition) is 0. The van der Waals surface area contributed by atoms with Gasteiger partial charge in [0, 0.05) is 19.4 Å². The van der Waals surface area contributed by atoms with Crippen molar-refractivity contribution < 1.29 is 14.3 Å². The highest BCUT2D eigenvalue weighted by atomic mass is 16.5. The summed E-state index contributed by atoms with van der Waals surface area (Å²) in [4.78, 5) is 35.0. The van der Waals surface area contributed by atoms with Crippen molar-refractivity contribution in [1.82, 2.24) is 14.9 Å². The molecule has 0 saturated heterocycles. The fourth-order valence-corrected chi connectivity index (χ4v) is 3.71. The lowest BCUT2D eigenvalue weighted by Gasteiger charge is -2.33. The standard InChI is InChI=1S/C22H21N3O3/c1-25(20-8-4-6-15-5-2-3-7-17(15)20)21(26)14-28-22(27)16-9-10-18-19(13-16)24-12-11-23-18/h2-3,5,7,9-13,20H,4,6,8,14H2,1H3. The molecule has 1 heterocycles. The van der Waals surface area contributed by atoms with Crippen LogP contribution in [0.25, 0.3) is 11.0 Å². The van der Waals surface area contributed by atoms with Crippen LogP contribution in [-0.2, 0) is 16.0 Å². The van der Waals surface area contributed by atoms with E-state index >= 15 is 0 Å². The number of hydrogen-bond acceptors (Lipinski definition) is 5. The molecule has 0 aliphatic heterocycles. The monoisotopic (exact) mass is 375 g/mol. The second-order valence-corrected chi connectivity index (χ2v) is 6.95. The molecule has 2 aromatic carbocycles. The van der Waals surface area contributed by atoms with Gasteiger partial charge in [0.1, 0.15) is 0 Å². The van der Waals surface area contributed by atoms with Crippen molar-refractivity contribution in [2.45, 2.75) is 25.3 Å². The lowest BCUT2D eigenvalue weighted by molar-refractivity contribution is -0.135. The highest BCUT2D eigenvalue weighted by Gasteiger charge is 2.27. The summed E-state index contributed by atoms with van der Waals surface area (Å²) in [6, 6.07) is 13.2. The Morgan fingerprint density at radius 3 is 2.75 bits per heavy atom. The molecule has 1 aliphatic carbocycles. The minimum atomic E-state index is -0.543. The molecule has 1 aliphatic rings. The van der Waals surface area contributed by atoms with Gasteiger partial charge in [-0.2, -0.15) is 0 Å². The number of rotatable bonds is 4. The number of aryl methyl sites for hydroxylation is 1. The van der Waals surface area contributed by atoms with Gasteiger partial charge in [-0.05, 0) is 48.6 Å². The average molecular weight is 375 g/mol. The number of aromatic nitrogens is 2. The number of fused-ring (bicyclic) bond motifs is 2. The van der Waals surface area contributed by atoms with Gasteiger partial charge in [0.15, 0.2) is 6.61 Å². The maximum atomic E-state index is 12.6. The predicted molar refractivity (Wildman–Crippen MR) is 105 cm³/mol. The van der Waals surface area contributed by atoms with Gasteiger partial charge in [-0.1, -0.05) is 24.3 Å². The summed E-state index contributed by atoms with van der Waals surface area (Å²) >= 11 is 0. The Kier molecular flexibility index (Phi) is 5.02. The number of nitrogens with zero attached hydrogens (tertiary/aromatic N) is 3. The number of amides is 1. The fraction of sp³-hybridized carbons (Fsp3) is 0.273. The molecule has 1 amide bonds. The molecule has 6 heteroatoms. The van der Waals surface area contributed by atoms with Crippen LogP contribution in [0, 0.1) is 0 Å². The van der Waals surface area contributed by atoms with E-state index in [9.17, 15) is 9.59 Å². The summed E-state index contributed by atoms with van der Waals surface area (Å²) < 4.78 is 5.26. The smallest absolute Gasteiger partial charge is 0.338 e. The highest BCUT2D eigenvalue weighted by Crippen LogP contribution is 2.33. The van der Waals surface area contributed by atoms with Gasteiger partial charge in [0.25, 0.3) is 5.91 Å². The van der Waals surface area contributed by atoms with Crippen molar-refractivity contribution in [2.75, 3.05) is 13.7 Å². The lowest BCUT2D eigenvalue weighted by atomic mass is 9.87. The first-order valence-corrected chi connectivity index (χ1v) is 9.35. The first kappa shape index (κ1) is 18.1. The van der Waals surface area contributed by atoms with Gasteiger partial charge < -0.3 is 9.64 Å². The van der Waals surface area contributed by atoms with Crippen LogP contribution in [0.15, 0.2) is 54.9 Å². The van der Waals surface area contributed by atoms with E-state index in [0.29, 0.717) is 16.6 Å². The molecular weight excluding hydrogens is 354 g/mol. The zero-order valence-electron chi connectivity index (χ0n) is 15.7. The molecule has 1 aromatic heterocycles. The first-order valence-electron chi connectivity index (χ1n) is 9.35. The van der Waals surface area contributed by atoms with Gasteiger partial charge in [0.05, 0.1) is 22.6 Å². The number of benzene rings is 2. The maximum absolute atomic E-state index is 12.6. The summed E-state index contributed by atoms with van der Waals surface area (Å²) in [6.07, 6.45) is 6.15. The van der Waals surface area contributed by atoms with Gasteiger partial charge in [-0.15, -0.1) is 0 Å². The molecule has 1 unspecified atom stereocenters. The zero-order valence-corrected chi connectivity index (χ0v) is 15.7. The average Bonchev–Trinajstić information content (AvgIpc) is 2.76. The molecule has 0 saturated carbocycles. The molecule has 3 aromatic rings. The summed E-state index contributed by atoms with van der Waals surface area (Å²) in [6.45, 7) is -0.285. The van der Waals surface area contributed by atoms with Crippen molar-refractivity contribution >= 4 is 22.9 Å². The molecule has 0 spiro atoms. The predicted octanol–water partition coefficient (Wildman–Crippen LogP) is 3.32. The summed E-state index contributed by atoms with van der Waals surface area (Å²) in [7, 11) is 1.77. The molecule has 142 valence electrons. The van der Waals surface area contributed by atoms with Gasteiger partial charge in [-0.3, -0.25) is 14.8 Å². The van der Waals surface area contributed by atoms with E-state index in [-0.39, 0.29) is 18.6 Å². The van der Waals surface area contributed by atoms with Crippen LogP contribution in [0.4, 0.5) is 0 Å². The quantitative estimate of drug-likeness (QED) is 0.654. The van der Waals surface area contributed by atoms with Crippen LogP contribution in [0.5, 0.6) is 0 Å². The van der Waals surface area contributed by atoms with Crippen LogP contribution < -0.4 is 0 Å². The van der Waals surface area contributed by atoms with E-state index < -0.39 is 5.97 Å². The second kappa shape index (κ2) is 7.76. The lowest BCUT2D eigenvalue weighted by Crippen LogP contribution is -2.36. The molecule has 6 nitrogen and oxygen atoms in total. The van der Waals surface area contributed by atoms with E-state index in [4.69, 9.17) is 4.74 Å². The normalized spacial score (nSPS) is 15.7. The van der Waals surface area contributed by atoms with E-state index in [0.717, 1.165) is 19.3 Å². The summed E-state index contributed by atoms with van der Waals surface area (Å²) in [5.74, 6) is -0.756. The Labute approximate surface area is 163 Å². The number of ether oxygens (including phenoxy) is 1. The van der Waals surface area contributed by atoms with Crippen molar-refractivity contribution in [1.29, 1.82) is 0 Å². The maximum Gasteiger partial charge on any atom is 0.338 e. The second-order valence-electron chi connectivity index (χ2n) is 6.95. The van der Waals surface area contributed by atoms with Crippen LogP contribution in [-0.4, -0.2) is 40.4 Å². The van der Waals surface area contributed by atoms with Crippen LogP contribution in [0.3, 0.4) is 0 Å². The minimum Gasteiger partial charge on any atom is -0.452 e. The van der Waals surface area contributed by atoms with E-state index in [1.54, 1.807) is 42.5 Å². The topological polar surface area (TPSA) is 72.4 Å². The van der Waals surface area contributed by atoms with Crippen LogP contribution >= 0.6 is 0 Å². The van der Waals surface area contributed by atoms with Gasteiger partial charge in [-0.25, -0.2) is 4.79 Å². The Balaban J connectivity index is 1.41. The van der Waals surface area contributed by atoms with Crippen molar-refractivity contribution in [3.8, 4) is 0 Å². The summed E-state index contributed by atoms with van der Waals surface area (Å²) in [5.41, 5.74) is 4.13. The van der Waals surface area contributed by atoms with E-state index in [1.165, 1.54) is 11.1 Å². The minimum absolute atomic E-state index is 0.0205.